The van der Waals surface area contributed by atoms with Gasteiger partial charge in [-0.05, 0) is 32.9 Å². The van der Waals surface area contributed by atoms with Crippen LogP contribution >= 0.6 is 0 Å². The minimum absolute atomic E-state index is 0.00460. The topological polar surface area (TPSA) is 35.1 Å². The van der Waals surface area contributed by atoms with E-state index in [2.05, 4.69) is 30.9 Å². The molecule has 4 heteroatoms. The van der Waals surface area contributed by atoms with Crippen LogP contribution in [-0.2, 0) is 5.54 Å². The van der Waals surface area contributed by atoms with Crippen molar-refractivity contribution in [3.05, 3.63) is 30.6 Å². The fourth-order valence-corrected chi connectivity index (χ4v) is 1.78. The number of rotatable bonds is 0. The molecule has 0 aliphatic carbocycles. The van der Waals surface area contributed by atoms with Crippen LogP contribution in [-0.4, -0.2) is 19.2 Å². The molecule has 0 spiro atoms. The second-order valence-corrected chi connectivity index (χ2v) is 4.99. The first kappa shape index (κ1) is 9.39. The summed E-state index contributed by atoms with van der Waals surface area (Å²) in [6.45, 7) is 6.39. The van der Waals surface area contributed by atoms with Crippen molar-refractivity contribution in [3.63, 3.8) is 0 Å². The van der Waals surface area contributed by atoms with Crippen molar-refractivity contribution in [2.45, 2.75) is 26.3 Å². The van der Waals surface area contributed by atoms with E-state index in [1.165, 1.54) is 0 Å². The summed E-state index contributed by atoms with van der Waals surface area (Å²) in [6, 6.07) is 5.96. The zero-order valence-electron chi connectivity index (χ0n) is 9.68. The van der Waals surface area contributed by atoms with Crippen molar-refractivity contribution < 1.29 is 0 Å². The highest BCUT2D eigenvalue weighted by Gasteiger charge is 2.17. The van der Waals surface area contributed by atoms with E-state index >= 15 is 0 Å². The largest absolute Gasteiger partial charge is 0.283 e. The molecule has 3 heterocycles. The highest BCUT2D eigenvalue weighted by molar-refractivity contribution is 5.76. The molecule has 0 amide bonds. The fraction of sp³-hybridized carbons (Fsp3) is 0.333. The number of pyridine rings is 1. The van der Waals surface area contributed by atoms with Crippen molar-refractivity contribution in [1.29, 1.82) is 0 Å². The Morgan fingerprint density at radius 3 is 2.75 bits per heavy atom. The minimum atomic E-state index is -0.00460. The van der Waals surface area contributed by atoms with Crippen molar-refractivity contribution >= 4 is 16.8 Å². The molecule has 0 atom stereocenters. The molecule has 3 aromatic rings. The predicted molar refractivity (Wildman–Crippen MR) is 63.5 cm³/mol. The van der Waals surface area contributed by atoms with Crippen molar-refractivity contribution in [2.24, 2.45) is 0 Å². The maximum atomic E-state index is 4.59. The molecule has 4 nitrogen and oxygen atoms in total. The minimum Gasteiger partial charge on any atom is -0.283 e. The summed E-state index contributed by atoms with van der Waals surface area (Å²) in [7, 11) is 0. The van der Waals surface area contributed by atoms with Crippen molar-refractivity contribution in [3.8, 4) is 0 Å². The van der Waals surface area contributed by atoms with Crippen LogP contribution in [0.25, 0.3) is 16.8 Å². The number of hydrogen-bond acceptors (Lipinski definition) is 2. The smallest absolute Gasteiger partial charge is 0.186 e. The van der Waals surface area contributed by atoms with E-state index in [1.54, 1.807) is 0 Å². The summed E-state index contributed by atoms with van der Waals surface area (Å²) in [4.78, 5) is 4.53. The Hall–Kier alpha value is -1.84. The van der Waals surface area contributed by atoms with E-state index in [4.69, 9.17) is 0 Å². The standard InChI is InChI=1S/C12H14N4/c1-12(2,3)16-8-9-11(14-16)15-7-5-4-6-10(15)13-9/h4-8H,1-3H3. The van der Waals surface area contributed by atoms with Crippen LogP contribution in [0.4, 0.5) is 0 Å². The molecule has 82 valence electrons. The molecule has 16 heavy (non-hydrogen) atoms. The van der Waals surface area contributed by atoms with Gasteiger partial charge in [0, 0.05) is 6.20 Å². The van der Waals surface area contributed by atoms with Gasteiger partial charge in [0.15, 0.2) is 5.65 Å². The molecule has 0 fully saturated rings. The van der Waals surface area contributed by atoms with Gasteiger partial charge in [0.2, 0.25) is 0 Å². The van der Waals surface area contributed by atoms with Gasteiger partial charge in [-0.1, -0.05) is 6.07 Å². The zero-order valence-corrected chi connectivity index (χ0v) is 9.68. The molecule has 0 bridgehead atoms. The molecule has 0 saturated carbocycles. The molecule has 3 rings (SSSR count). The molecule has 0 N–H and O–H groups in total. The lowest BCUT2D eigenvalue weighted by Gasteiger charge is -2.18. The van der Waals surface area contributed by atoms with Crippen LogP contribution in [0.5, 0.6) is 0 Å². The van der Waals surface area contributed by atoms with Crippen LogP contribution in [0.3, 0.4) is 0 Å². The van der Waals surface area contributed by atoms with Crippen LogP contribution in [0.2, 0.25) is 0 Å². The summed E-state index contributed by atoms with van der Waals surface area (Å²) >= 11 is 0. The number of imidazole rings is 1. The molecule has 3 aromatic heterocycles. The third-order valence-corrected chi connectivity index (χ3v) is 2.66. The molecule has 0 radical (unpaired) electrons. The molecule has 0 aromatic carbocycles. The highest BCUT2D eigenvalue weighted by Crippen LogP contribution is 2.19. The summed E-state index contributed by atoms with van der Waals surface area (Å²) in [5.41, 5.74) is 2.81. The van der Waals surface area contributed by atoms with E-state index in [0.717, 1.165) is 16.8 Å². The highest BCUT2D eigenvalue weighted by atomic mass is 15.3. The first-order valence-corrected chi connectivity index (χ1v) is 5.39. The SMILES string of the molecule is CC(C)(C)n1cc2nc3ccccn3c2n1. The Morgan fingerprint density at radius 1 is 1.19 bits per heavy atom. The van der Waals surface area contributed by atoms with Gasteiger partial charge in [-0.25, -0.2) is 4.98 Å². The number of aromatic nitrogens is 4. The van der Waals surface area contributed by atoms with Crippen LogP contribution in [0.1, 0.15) is 20.8 Å². The van der Waals surface area contributed by atoms with E-state index in [-0.39, 0.29) is 5.54 Å². The van der Waals surface area contributed by atoms with Crippen LogP contribution < -0.4 is 0 Å². The van der Waals surface area contributed by atoms with E-state index < -0.39 is 0 Å². The van der Waals surface area contributed by atoms with E-state index in [9.17, 15) is 0 Å². The predicted octanol–water partition coefficient (Wildman–Crippen LogP) is 2.44. The average molecular weight is 214 g/mol. The van der Waals surface area contributed by atoms with Gasteiger partial charge in [0.1, 0.15) is 11.2 Å². The maximum Gasteiger partial charge on any atom is 0.186 e. The molecular formula is C12H14N4. The van der Waals surface area contributed by atoms with E-state index in [0.29, 0.717) is 0 Å². The Kier molecular flexibility index (Phi) is 1.67. The summed E-state index contributed by atoms with van der Waals surface area (Å²) < 4.78 is 3.97. The number of nitrogens with zero attached hydrogens (tertiary/aromatic N) is 4. The first-order valence-electron chi connectivity index (χ1n) is 5.39. The lowest BCUT2D eigenvalue weighted by atomic mass is 10.1. The second-order valence-electron chi connectivity index (χ2n) is 4.99. The second kappa shape index (κ2) is 2.84. The Bertz CT molecular complexity index is 654. The zero-order chi connectivity index (χ0) is 11.3. The van der Waals surface area contributed by atoms with Gasteiger partial charge >= 0.3 is 0 Å². The van der Waals surface area contributed by atoms with Gasteiger partial charge in [-0.15, -0.1) is 0 Å². The third-order valence-electron chi connectivity index (χ3n) is 2.66. The maximum absolute atomic E-state index is 4.59. The monoisotopic (exact) mass is 214 g/mol. The van der Waals surface area contributed by atoms with Gasteiger partial charge in [-0.3, -0.25) is 9.08 Å². The lowest BCUT2D eigenvalue weighted by Crippen LogP contribution is -2.22. The lowest BCUT2D eigenvalue weighted by molar-refractivity contribution is 0.357. The normalized spacial score (nSPS) is 12.7. The molecular weight excluding hydrogens is 200 g/mol. The molecule has 0 saturated heterocycles. The molecule has 0 unspecified atom stereocenters. The Labute approximate surface area is 93.5 Å². The van der Waals surface area contributed by atoms with E-state index in [1.807, 2.05) is 39.7 Å². The molecule has 0 aliphatic rings. The summed E-state index contributed by atoms with van der Waals surface area (Å²) in [5.74, 6) is 0. The summed E-state index contributed by atoms with van der Waals surface area (Å²) in [5, 5.41) is 4.59. The summed E-state index contributed by atoms with van der Waals surface area (Å²) in [6.07, 6.45) is 3.99. The van der Waals surface area contributed by atoms with Gasteiger partial charge in [0.05, 0.1) is 11.7 Å². The van der Waals surface area contributed by atoms with Gasteiger partial charge in [-0.2, -0.15) is 5.10 Å². The fourth-order valence-electron chi connectivity index (χ4n) is 1.78. The van der Waals surface area contributed by atoms with Crippen LogP contribution in [0, 0.1) is 0 Å². The Balaban J connectivity index is 2.35. The molecule has 0 aliphatic heterocycles. The Morgan fingerprint density at radius 2 is 2.00 bits per heavy atom. The number of fused-ring (bicyclic) bond motifs is 3. The van der Waals surface area contributed by atoms with Crippen LogP contribution in [0.15, 0.2) is 30.6 Å². The van der Waals surface area contributed by atoms with Crippen molar-refractivity contribution in [1.82, 2.24) is 19.2 Å². The number of hydrogen-bond donors (Lipinski definition) is 0. The quantitative estimate of drug-likeness (QED) is 0.576. The van der Waals surface area contributed by atoms with Gasteiger partial charge < -0.3 is 0 Å². The van der Waals surface area contributed by atoms with Gasteiger partial charge in [0.25, 0.3) is 0 Å². The van der Waals surface area contributed by atoms with Crippen molar-refractivity contribution in [2.75, 3.05) is 0 Å². The third kappa shape index (κ3) is 1.23. The first-order chi connectivity index (χ1) is 7.55. The average Bonchev–Trinajstić information content (AvgIpc) is 2.72.